The van der Waals surface area contributed by atoms with Crippen molar-refractivity contribution in [3.63, 3.8) is 0 Å². The molecule has 2 aromatic heterocycles. The lowest BCUT2D eigenvalue weighted by Gasteiger charge is -2.28. The number of hydrogen-bond acceptors (Lipinski definition) is 4. The molecule has 0 saturated heterocycles. The summed E-state index contributed by atoms with van der Waals surface area (Å²) in [5, 5.41) is 18.7. The van der Waals surface area contributed by atoms with Crippen molar-refractivity contribution in [2.24, 2.45) is 0 Å². The number of hydrogen-bond donors (Lipinski definition) is 2. The molecule has 24 heavy (non-hydrogen) atoms. The number of thiophene rings is 1. The largest absolute Gasteiger partial charge is 0.394 e. The first-order valence-electron chi connectivity index (χ1n) is 8.46. The van der Waals surface area contributed by atoms with Crippen molar-refractivity contribution in [3.05, 3.63) is 39.8 Å². The van der Waals surface area contributed by atoms with Gasteiger partial charge in [-0.15, -0.1) is 11.3 Å². The van der Waals surface area contributed by atoms with Gasteiger partial charge in [-0.2, -0.15) is 5.10 Å². The molecule has 7 heteroatoms. The molecule has 0 saturated carbocycles. The highest BCUT2D eigenvalue weighted by molar-refractivity contribution is 7.09. The number of carbonyl (C=O) groups is 1. The summed E-state index contributed by atoms with van der Waals surface area (Å²) in [5.74, 6) is 0. The highest BCUT2D eigenvalue weighted by Gasteiger charge is 2.26. The number of urea groups is 1. The van der Waals surface area contributed by atoms with Crippen molar-refractivity contribution in [3.8, 4) is 0 Å². The third kappa shape index (κ3) is 3.62. The smallest absolute Gasteiger partial charge is 0.318 e. The van der Waals surface area contributed by atoms with Crippen molar-refractivity contribution in [1.29, 1.82) is 0 Å². The Morgan fingerprint density at radius 3 is 3.17 bits per heavy atom. The van der Waals surface area contributed by atoms with Gasteiger partial charge in [-0.1, -0.05) is 6.07 Å². The van der Waals surface area contributed by atoms with Gasteiger partial charge in [0, 0.05) is 22.7 Å². The number of nitrogens with zero attached hydrogens (tertiary/aromatic N) is 3. The van der Waals surface area contributed by atoms with Gasteiger partial charge in [-0.05, 0) is 37.6 Å². The lowest BCUT2D eigenvalue weighted by Crippen LogP contribution is -2.41. The first-order valence-corrected chi connectivity index (χ1v) is 9.34. The summed E-state index contributed by atoms with van der Waals surface area (Å²) < 4.78 is 1.86. The number of aliphatic hydroxyl groups is 1. The number of aliphatic hydroxyl groups excluding tert-OH is 1. The van der Waals surface area contributed by atoms with Gasteiger partial charge in [0.2, 0.25) is 0 Å². The number of rotatable bonds is 6. The van der Waals surface area contributed by atoms with Crippen LogP contribution in [0.2, 0.25) is 0 Å². The highest BCUT2D eigenvalue weighted by Crippen LogP contribution is 2.29. The van der Waals surface area contributed by atoms with Gasteiger partial charge in [0.15, 0.2) is 0 Å². The fraction of sp³-hybridized carbons (Fsp3) is 0.529. The zero-order valence-electron chi connectivity index (χ0n) is 13.9. The number of amides is 2. The second-order valence-electron chi connectivity index (χ2n) is 5.98. The molecule has 0 spiro atoms. The van der Waals surface area contributed by atoms with E-state index in [0.29, 0.717) is 19.6 Å². The van der Waals surface area contributed by atoms with E-state index in [4.69, 9.17) is 5.11 Å². The van der Waals surface area contributed by atoms with Gasteiger partial charge in [0.05, 0.1) is 31.9 Å². The third-order valence-corrected chi connectivity index (χ3v) is 5.33. The van der Waals surface area contributed by atoms with E-state index in [1.54, 1.807) is 11.3 Å². The first-order chi connectivity index (χ1) is 11.7. The fourth-order valence-electron chi connectivity index (χ4n) is 3.21. The zero-order chi connectivity index (χ0) is 16.9. The Morgan fingerprint density at radius 1 is 1.58 bits per heavy atom. The van der Waals surface area contributed by atoms with E-state index in [1.165, 1.54) is 4.88 Å². The maximum atomic E-state index is 12.7. The predicted octanol–water partition coefficient (Wildman–Crippen LogP) is 2.55. The van der Waals surface area contributed by atoms with E-state index in [2.05, 4.69) is 16.5 Å². The number of nitrogens with one attached hydrogen (secondary N) is 1. The van der Waals surface area contributed by atoms with Crippen LogP contribution in [0.4, 0.5) is 4.79 Å². The maximum absolute atomic E-state index is 12.7. The topological polar surface area (TPSA) is 70.4 Å². The predicted molar refractivity (Wildman–Crippen MR) is 93.9 cm³/mol. The molecular weight excluding hydrogens is 324 g/mol. The minimum Gasteiger partial charge on any atom is -0.394 e. The Bertz CT molecular complexity index is 668. The van der Waals surface area contributed by atoms with Crippen molar-refractivity contribution in [1.82, 2.24) is 20.0 Å². The van der Waals surface area contributed by atoms with E-state index in [1.807, 2.05) is 34.1 Å². The van der Waals surface area contributed by atoms with Gasteiger partial charge in [0.1, 0.15) is 0 Å². The van der Waals surface area contributed by atoms with Gasteiger partial charge in [-0.25, -0.2) is 4.79 Å². The third-order valence-electron chi connectivity index (χ3n) is 4.47. The number of aromatic nitrogens is 2. The average Bonchev–Trinajstić information content (AvgIpc) is 3.23. The van der Waals surface area contributed by atoms with E-state index in [9.17, 15) is 4.79 Å². The molecule has 0 fully saturated rings. The highest BCUT2D eigenvalue weighted by atomic mass is 32.1. The second kappa shape index (κ2) is 7.81. The fourth-order valence-corrected chi connectivity index (χ4v) is 3.93. The average molecular weight is 348 g/mol. The molecule has 2 amide bonds. The van der Waals surface area contributed by atoms with Gasteiger partial charge >= 0.3 is 6.03 Å². The minimum absolute atomic E-state index is 0.00563. The van der Waals surface area contributed by atoms with Crippen LogP contribution in [0.25, 0.3) is 0 Å². The van der Waals surface area contributed by atoms with Gasteiger partial charge in [-0.3, -0.25) is 4.68 Å². The second-order valence-corrected chi connectivity index (χ2v) is 7.01. The van der Waals surface area contributed by atoms with Crippen molar-refractivity contribution >= 4 is 17.4 Å². The van der Waals surface area contributed by atoms with Crippen LogP contribution < -0.4 is 5.32 Å². The molecular formula is C17H24N4O2S. The van der Waals surface area contributed by atoms with Gasteiger partial charge < -0.3 is 15.3 Å². The molecule has 3 rings (SSSR count). The van der Waals surface area contributed by atoms with Crippen molar-refractivity contribution in [2.75, 3.05) is 13.2 Å². The summed E-state index contributed by atoms with van der Waals surface area (Å²) in [4.78, 5) is 15.7. The summed E-state index contributed by atoms with van der Waals surface area (Å²) in [6.45, 7) is 3.90. The maximum Gasteiger partial charge on any atom is 0.318 e. The van der Waals surface area contributed by atoms with Crippen LogP contribution in [0.5, 0.6) is 0 Å². The molecule has 0 aliphatic heterocycles. The standard InChI is InChI=1S/C17H24N4O2S/c1-2-20(12-13-5-4-10-24-13)17(23)19-15-6-3-7-16-14(15)11-18-21(16)8-9-22/h4-5,10-11,15,22H,2-3,6-9,12H2,1H3,(H,19,23)/t15-/m1/s1. The molecule has 0 radical (unpaired) electrons. The molecule has 0 bridgehead atoms. The number of carbonyl (C=O) groups excluding carboxylic acids is 1. The zero-order valence-corrected chi connectivity index (χ0v) is 14.8. The summed E-state index contributed by atoms with van der Waals surface area (Å²) >= 11 is 1.67. The molecule has 1 atom stereocenters. The van der Waals surface area contributed by atoms with Crippen LogP contribution in [0, 0.1) is 0 Å². The summed E-state index contributed by atoms with van der Waals surface area (Å²) in [5.41, 5.74) is 2.23. The molecule has 0 aromatic carbocycles. The lowest BCUT2D eigenvalue weighted by molar-refractivity contribution is 0.193. The minimum atomic E-state index is -0.0290. The van der Waals surface area contributed by atoms with Crippen LogP contribution in [0.3, 0.4) is 0 Å². The van der Waals surface area contributed by atoms with E-state index in [0.717, 1.165) is 30.5 Å². The first kappa shape index (κ1) is 17.0. The Kier molecular flexibility index (Phi) is 5.52. The monoisotopic (exact) mass is 348 g/mol. The van der Waals surface area contributed by atoms with Crippen LogP contribution >= 0.6 is 11.3 Å². The quantitative estimate of drug-likeness (QED) is 0.843. The van der Waals surface area contributed by atoms with E-state index in [-0.39, 0.29) is 18.7 Å². The Labute approximate surface area is 146 Å². The van der Waals surface area contributed by atoms with Crippen molar-refractivity contribution < 1.29 is 9.90 Å². The number of fused-ring (bicyclic) bond motifs is 1. The van der Waals surface area contributed by atoms with Crippen LogP contribution in [0.1, 0.15) is 41.9 Å². The van der Waals surface area contributed by atoms with Crippen LogP contribution in [-0.4, -0.2) is 39.0 Å². The normalized spacial score (nSPS) is 16.7. The Morgan fingerprint density at radius 2 is 2.46 bits per heavy atom. The molecule has 0 unspecified atom stereocenters. The molecule has 2 N–H and O–H groups in total. The molecule has 1 aliphatic carbocycles. The molecule has 130 valence electrons. The summed E-state index contributed by atoms with van der Waals surface area (Å²) in [7, 11) is 0. The molecule has 2 aromatic rings. The van der Waals surface area contributed by atoms with Crippen LogP contribution in [-0.2, 0) is 19.5 Å². The summed E-state index contributed by atoms with van der Waals surface area (Å²) in [6, 6.07) is 4.04. The van der Waals surface area contributed by atoms with Crippen molar-refractivity contribution in [2.45, 2.75) is 45.3 Å². The van der Waals surface area contributed by atoms with Gasteiger partial charge in [0.25, 0.3) is 0 Å². The Hall–Kier alpha value is -1.86. The van der Waals surface area contributed by atoms with Crippen LogP contribution in [0.15, 0.2) is 23.7 Å². The molecule has 6 nitrogen and oxygen atoms in total. The molecule has 2 heterocycles. The Balaban J connectivity index is 1.68. The SMILES string of the molecule is CCN(Cc1cccs1)C(=O)N[C@@H]1CCCc2c1cnn2CCO. The molecule has 1 aliphatic rings. The summed E-state index contributed by atoms with van der Waals surface area (Å²) in [6.07, 6.45) is 4.74. The van der Waals surface area contributed by atoms with E-state index >= 15 is 0 Å². The lowest BCUT2D eigenvalue weighted by atomic mass is 9.93. The van der Waals surface area contributed by atoms with E-state index < -0.39 is 0 Å².